The zero-order chi connectivity index (χ0) is 17.8. The summed E-state index contributed by atoms with van der Waals surface area (Å²) < 4.78 is 5.27. The normalized spacial score (nSPS) is 10.8. The van der Waals surface area contributed by atoms with Gasteiger partial charge in [-0.15, -0.1) is 0 Å². The van der Waals surface area contributed by atoms with Gasteiger partial charge in [0.25, 0.3) is 0 Å². The summed E-state index contributed by atoms with van der Waals surface area (Å²) in [7, 11) is 0. The highest BCUT2D eigenvalue weighted by Gasteiger charge is 2.20. The first-order valence-electron chi connectivity index (χ1n) is 7.13. The van der Waals surface area contributed by atoms with E-state index in [2.05, 4.69) is 16.5 Å². The lowest BCUT2D eigenvalue weighted by Crippen LogP contribution is -1.87. The SMILES string of the molecule is N#Cc1c(-c2c(Cl)cccc2Cl)noc1C=CNc1ccc(Cl)cc1. The Balaban J connectivity index is 1.89. The molecular formula is C18H10Cl3N3O. The molecule has 124 valence electrons. The maximum atomic E-state index is 9.47. The molecule has 0 amide bonds. The van der Waals surface area contributed by atoms with E-state index in [4.69, 9.17) is 39.3 Å². The number of aromatic nitrogens is 1. The summed E-state index contributed by atoms with van der Waals surface area (Å²) in [6.45, 7) is 0. The second-order valence-corrected chi connectivity index (χ2v) is 6.21. The number of halogens is 3. The Kier molecular flexibility index (Phi) is 5.30. The van der Waals surface area contributed by atoms with Gasteiger partial charge in [0.05, 0.1) is 10.0 Å². The first-order valence-corrected chi connectivity index (χ1v) is 8.26. The van der Waals surface area contributed by atoms with Crippen molar-refractivity contribution in [3.8, 4) is 17.3 Å². The first kappa shape index (κ1) is 17.4. The molecule has 4 nitrogen and oxygen atoms in total. The van der Waals surface area contributed by atoms with E-state index < -0.39 is 0 Å². The average Bonchev–Trinajstić information content (AvgIpc) is 2.99. The molecule has 0 spiro atoms. The van der Waals surface area contributed by atoms with Crippen LogP contribution in [0.2, 0.25) is 15.1 Å². The van der Waals surface area contributed by atoms with Gasteiger partial charge in [-0.05, 0) is 36.4 Å². The molecule has 0 fully saturated rings. The minimum absolute atomic E-state index is 0.254. The minimum atomic E-state index is 0.254. The van der Waals surface area contributed by atoms with Crippen LogP contribution in [0.4, 0.5) is 5.69 Å². The lowest BCUT2D eigenvalue weighted by Gasteiger charge is -2.02. The van der Waals surface area contributed by atoms with Crippen molar-refractivity contribution in [3.05, 3.63) is 75.1 Å². The molecule has 0 radical (unpaired) electrons. The molecule has 3 rings (SSSR count). The van der Waals surface area contributed by atoms with Crippen molar-refractivity contribution >= 4 is 46.6 Å². The lowest BCUT2D eigenvalue weighted by atomic mass is 10.1. The predicted molar refractivity (Wildman–Crippen MR) is 101 cm³/mol. The second-order valence-electron chi connectivity index (χ2n) is 4.96. The van der Waals surface area contributed by atoms with Crippen LogP contribution in [0, 0.1) is 11.3 Å². The molecule has 3 aromatic rings. The third kappa shape index (κ3) is 3.80. The highest BCUT2D eigenvalue weighted by molar-refractivity contribution is 6.39. The summed E-state index contributed by atoms with van der Waals surface area (Å²) in [6.07, 6.45) is 3.25. The van der Waals surface area contributed by atoms with E-state index in [9.17, 15) is 5.26 Å². The summed E-state index contributed by atoms with van der Waals surface area (Å²) in [5, 5.41) is 17.9. The van der Waals surface area contributed by atoms with Crippen molar-refractivity contribution in [1.29, 1.82) is 5.26 Å². The van der Waals surface area contributed by atoms with Gasteiger partial charge < -0.3 is 9.84 Å². The maximum absolute atomic E-state index is 9.47. The zero-order valence-electron chi connectivity index (χ0n) is 12.6. The van der Waals surface area contributed by atoms with Crippen LogP contribution in [-0.4, -0.2) is 5.16 Å². The van der Waals surface area contributed by atoms with E-state index in [0.29, 0.717) is 32.1 Å². The Morgan fingerprint density at radius 3 is 2.36 bits per heavy atom. The number of hydrogen-bond donors (Lipinski definition) is 1. The van der Waals surface area contributed by atoms with E-state index >= 15 is 0 Å². The first-order chi connectivity index (χ1) is 12.1. The fourth-order valence-electron chi connectivity index (χ4n) is 2.18. The summed E-state index contributed by atoms with van der Waals surface area (Å²) in [5.41, 5.74) is 1.87. The predicted octanol–water partition coefficient (Wildman–Crippen LogP) is 6.26. The molecule has 0 saturated carbocycles. The number of benzene rings is 2. The smallest absolute Gasteiger partial charge is 0.179 e. The second kappa shape index (κ2) is 7.62. The molecule has 0 aliphatic carbocycles. The van der Waals surface area contributed by atoms with Crippen molar-refractivity contribution in [2.75, 3.05) is 5.32 Å². The van der Waals surface area contributed by atoms with Crippen LogP contribution >= 0.6 is 34.8 Å². The number of hydrogen-bond acceptors (Lipinski definition) is 4. The molecule has 0 saturated heterocycles. The molecule has 0 aliphatic rings. The summed E-state index contributed by atoms with van der Waals surface area (Å²) >= 11 is 18.2. The lowest BCUT2D eigenvalue weighted by molar-refractivity contribution is 0.415. The Bertz CT molecular complexity index is 952. The van der Waals surface area contributed by atoms with Crippen molar-refractivity contribution in [2.24, 2.45) is 0 Å². The minimum Gasteiger partial charge on any atom is -0.362 e. The molecule has 0 aliphatic heterocycles. The molecule has 2 aromatic carbocycles. The van der Waals surface area contributed by atoms with Gasteiger partial charge >= 0.3 is 0 Å². The Morgan fingerprint density at radius 2 is 1.72 bits per heavy atom. The molecule has 7 heteroatoms. The highest BCUT2D eigenvalue weighted by atomic mass is 35.5. The summed E-state index contributed by atoms with van der Waals surface area (Å²) in [4.78, 5) is 0. The van der Waals surface area contributed by atoms with Gasteiger partial charge in [0.2, 0.25) is 0 Å². The van der Waals surface area contributed by atoms with Crippen LogP contribution in [-0.2, 0) is 0 Å². The molecular weight excluding hydrogens is 381 g/mol. The molecule has 1 aromatic heterocycles. The fourth-order valence-corrected chi connectivity index (χ4v) is 2.88. The standard InChI is InChI=1S/C18H10Cl3N3O/c19-11-4-6-12(7-5-11)23-9-8-16-13(10-22)18(24-25-16)17-14(20)2-1-3-15(17)21/h1-9,23H. The van der Waals surface area contributed by atoms with Gasteiger partial charge in [-0.3, -0.25) is 0 Å². The Morgan fingerprint density at radius 1 is 1.04 bits per heavy atom. The van der Waals surface area contributed by atoms with E-state index in [1.807, 2.05) is 12.1 Å². The van der Waals surface area contributed by atoms with Crippen LogP contribution in [0.1, 0.15) is 11.3 Å². The van der Waals surface area contributed by atoms with Crippen molar-refractivity contribution < 1.29 is 4.52 Å². The van der Waals surface area contributed by atoms with Gasteiger partial charge in [0, 0.05) is 28.5 Å². The van der Waals surface area contributed by atoms with E-state index in [0.717, 1.165) is 5.69 Å². The third-order valence-corrected chi connectivity index (χ3v) is 4.24. The molecule has 1 N–H and O–H groups in total. The van der Waals surface area contributed by atoms with Crippen LogP contribution < -0.4 is 5.32 Å². The van der Waals surface area contributed by atoms with Gasteiger partial charge in [0.1, 0.15) is 17.3 Å². The van der Waals surface area contributed by atoms with E-state index in [-0.39, 0.29) is 5.56 Å². The Labute approximate surface area is 159 Å². The number of nitriles is 1. The highest BCUT2D eigenvalue weighted by Crippen LogP contribution is 2.36. The molecule has 0 bridgehead atoms. The van der Waals surface area contributed by atoms with Gasteiger partial charge in [-0.2, -0.15) is 5.26 Å². The van der Waals surface area contributed by atoms with Crippen molar-refractivity contribution in [3.63, 3.8) is 0 Å². The molecule has 1 heterocycles. The average molecular weight is 391 g/mol. The van der Waals surface area contributed by atoms with Gasteiger partial charge in [-0.25, -0.2) is 0 Å². The molecule has 25 heavy (non-hydrogen) atoms. The van der Waals surface area contributed by atoms with Crippen LogP contribution in [0.25, 0.3) is 17.3 Å². The van der Waals surface area contributed by atoms with Crippen LogP contribution in [0.5, 0.6) is 0 Å². The van der Waals surface area contributed by atoms with Crippen LogP contribution in [0.15, 0.2) is 53.2 Å². The molecule has 0 atom stereocenters. The van der Waals surface area contributed by atoms with E-state index in [1.165, 1.54) is 0 Å². The number of nitrogens with one attached hydrogen (secondary N) is 1. The van der Waals surface area contributed by atoms with Gasteiger partial charge in [-0.1, -0.05) is 46.0 Å². The topological polar surface area (TPSA) is 61.9 Å². The summed E-state index contributed by atoms with van der Waals surface area (Å²) in [6, 6.07) is 14.3. The maximum Gasteiger partial charge on any atom is 0.179 e. The third-order valence-electron chi connectivity index (χ3n) is 3.36. The monoisotopic (exact) mass is 389 g/mol. The molecule has 0 unspecified atom stereocenters. The van der Waals surface area contributed by atoms with Crippen LogP contribution in [0.3, 0.4) is 0 Å². The summed E-state index contributed by atoms with van der Waals surface area (Å²) in [5.74, 6) is 0.301. The van der Waals surface area contributed by atoms with E-state index in [1.54, 1.807) is 42.6 Å². The van der Waals surface area contributed by atoms with Gasteiger partial charge in [0.15, 0.2) is 5.76 Å². The number of nitrogens with zero attached hydrogens (tertiary/aromatic N) is 2. The Hall–Kier alpha value is -2.45. The number of rotatable bonds is 4. The fraction of sp³-hybridized carbons (Fsp3) is 0. The zero-order valence-corrected chi connectivity index (χ0v) is 14.9. The van der Waals surface area contributed by atoms with Crippen molar-refractivity contribution in [1.82, 2.24) is 5.16 Å². The van der Waals surface area contributed by atoms with Crippen molar-refractivity contribution in [2.45, 2.75) is 0 Å². The number of anilines is 1. The quantitative estimate of drug-likeness (QED) is 0.571. The largest absolute Gasteiger partial charge is 0.362 e.